The Morgan fingerprint density at radius 3 is 1.71 bits per heavy atom. The molecule has 8 aromatic rings. The van der Waals surface area contributed by atoms with Crippen molar-refractivity contribution in [1.29, 1.82) is 0 Å². The number of benzene rings is 3. The van der Waals surface area contributed by atoms with Crippen LogP contribution in [0.5, 0.6) is 0 Å². The number of piperidine rings is 3. The fourth-order valence-electron chi connectivity index (χ4n) is 12.1. The molecule has 3 amide bonds. The van der Waals surface area contributed by atoms with E-state index in [1.165, 1.54) is 46.9 Å². The molecular formula is C64H69Cl3F2N12O5S3. The molecule has 10 N–H and O–H groups in total. The van der Waals surface area contributed by atoms with Crippen LogP contribution in [-0.4, -0.2) is 108 Å². The number of amides is 3. The highest BCUT2D eigenvalue weighted by Crippen LogP contribution is 2.38. The van der Waals surface area contributed by atoms with E-state index in [-0.39, 0.29) is 76.6 Å². The number of hydrogen-bond acceptors (Lipinski definition) is 14. The van der Waals surface area contributed by atoms with Crippen LogP contribution in [0.25, 0.3) is 33.8 Å². The van der Waals surface area contributed by atoms with Gasteiger partial charge in [-0.2, -0.15) is 0 Å². The van der Waals surface area contributed by atoms with E-state index in [0.29, 0.717) is 79.6 Å². The van der Waals surface area contributed by atoms with Crippen molar-refractivity contribution in [3.63, 3.8) is 0 Å². The van der Waals surface area contributed by atoms with Crippen molar-refractivity contribution in [3.8, 4) is 33.8 Å². The van der Waals surface area contributed by atoms with Crippen LogP contribution < -0.4 is 31.9 Å². The lowest BCUT2D eigenvalue weighted by molar-refractivity contribution is 0.0162. The summed E-state index contributed by atoms with van der Waals surface area (Å²) in [6.07, 6.45) is 5.87. The molecule has 3 aromatic carbocycles. The molecule has 5 aromatic heterocycles. The van der Waals surface area contributed by atoms with Crippen LogP contribution in [0.1, 0.15) is 133 Å². The highest BCUT2D eigenvalue weighted by atomic mass is 35.5. The lowest BCUT2D eigenvalue weighted by atomic mass is 9.81. The first-order valence-electron chi connectivity index (χ1n) is 29.7. The Kier molecular flexibility index (Phi) is 20.6. The first-order valence-corrected chi connectivity index (χ1v) is 33.4. The minimum absolute atomic E-state index is 0.00135. The molecule has 1 spiro atoms. The monoisotopic (exact) mass is 1320 g/mol. The van der Waals surface area contributed by atoms with Crippen molar-refractivity contribution in [1.82, 2.24) is 56.8 Å². The van der Waals surface area contributed by atoms with Gasteiger partial charge in [-0.3, -0.25) is 30.0 Å². The van der Waals surface area contributed by atoms with Gasteiger partial charge in [0.2, 0.25) is 0 Å². The highest BCUT2D eigenvalue weighted by molar-refractivity contribution is 8.14. The number of nitrogens with zero attached hydrogens (tertiary/aromatic N) is 3. The minimum atomic E-state index is -0.608. The van der Waals surface area contributed by atoms with Gasteiger partial charge in [-0.25, -0.2) is 18.7 Å². The standard InChI is InChI=1S/C64H69Cl3F2N12O5S3/c1-5-87-61(70-4)56(78-59(84)50-23-20-44(74-50)35-10-14-38(65)15-11-35)48-8-6-26-64(80-48)27-7-9-49(81-64)57(79-60(85)52-25-22-46(76-52)37-13-18-41(67)43(69)29-37)63-73-34(3)54(89-63)32-86-39-16-19-47(71-30-39)55(62-72-33(2)53(31-82)88-62)77-58(83)51-24-21-45(75-51)36-12-17-40(66)42(68)28-36/h10-15,17-18,20-25,28-29,39,47-49,55-57,71,74-76,80-82H,5-9,16,19,26-27,30-32H2,1-4H3,(H,77,83)(H,78,84)(H,79,85). The van der Waals surface area contributed by atoms with Crippen molar-refractivity contribution in [2.24, 2.45) is 4.99 Å². The number of carbonyl (C=O) groups excluding carboxylic acids is 3. The fraction of sp³-hybridized carbons (Fsp3) is 0.375. The van der Waals surface area contributed by atoms with E-state index >= 15 is 0 Å². The maximum Gasteiger partial charge on any atom is 0.268 e. The third-order valence-electron chi connectivity index (χ3n) is 16.8. The summed E-state index contributed by atoms with van der Waals surface area (Å²) in [6.45, 7) is 6.41. The van der Waals surface area contributed by atoms with Crippen molar-refractivity contribution in [2.75, 3.05) is 19.3 Å². The van der Waals surface area contributed by atoms with Gasteiger partial charge in [0.1, 0.15) is 38.7 Å². The third-order valence-corrected chi connectivity index (χ3v) is 21.1. The Balaban J connectivity index is 0.801. The van der Waals surface area contributed by atoms with Crippen LogP contribution >= 0.6 is 69.2 Å². The van der Waals surface area contributed by atoms with Gasteiger partial charge in [0, 0.05) is 64.9 Å². The minimum Gasteiger partial charge on any atom is -0.391 e. The number of hydrogen-bond donors (Lipinski definition) is 10. The van der Waals surface area contributed by atoms with Crippen LogP contribution in [-0.2, 0) is 18.0 Å². The number of H-pyrrole nitrogens is 3. The molecule has 0 radical (unpaired) electrons. The van der Waals surface area contributed by atoms with Gasteiger partial charge < -0.3 is 46.1 Å². The molecular weight excluding hydrogens is 1260 g/mol. The summed E-state index contributed by atoms with van der Waals surface area (Å²) in [7, 11) is 1.76. The number of aliphatic hydroxyl groups excluding tert-OH is 1. The van der Waals surface area contributed by atoms with Crippen LogP contribution in [0.3, 0.4) is 0 Å². The number of thioether (sulfide) groups is 1. The number of carbonyl (C=O) groups is 3. The quantitative estimate of drug-likeness (QED) is 0.0254. The number of ether oxygens (including phenoxy) is 1. The van der Waals surface area contributed by atoms with Crippen LogP contribution in [0.4, 0.5) is 8.78 Å². The van der Waals surface area contributed by atoms with Crippen molar-refractivity contribution in [3.05, 3.63) is 172 Å². The number of rotatable bonds is 20. The van der Waals surface area contributed by atoms with Gasteiger partial charge in [-0.1, -0.05) is 66.0 Å². The predicted octanol–water partition coefficient (Wildman–Crippen LogP) is 12.8. The van der Waals surface area contributed by atoms with E-state index in [4.69, 9.17) is 54.5 Å². The zero-order chi connectivity index (χ0) is 62.5. The average Bonchev–Trinajstić information content (AvgIpc) is 1.88. The molecule has 0 saturated carbocycles. The molecule has 89 heavy (non-hydrogen) atoms. The zero-order valence-corrected chi connectivity index (χ0v) is 54.0. The average molecular weight is 1330 g/mol. The van der Waals surface area contributed by atoms with Crippen LogP contribution in [0.15, 0.2) is 102 Å². The SMILES string of the molecule is CCSC(=NC)C(NC(=O)c1ccc(-c2ccc(Cl)cc2)[nH]1)C1CCCC2(CCCC(C(NC(=O)c3ccc(-c4ccc(Cl)c(F)c4)[nH]3)c3nc(C)c(COC4CCC(C(NC(=O)c5ccc(-c6ccc(Cl)c(F)c6)[nH]5)c5nc(C)c(CO)s5)NC4)s3)N2)N1. The van der Waals surface area contributed by atoms with Crippen molar-refractivity contribution < 1.29 is 33.0 Å². The molecule has 468 valence electrons. The molecule has 3 aliphatic heterocycles. The Bertz CT molecular complexity index is 3860. The molecule has 17 nitrogen and oxygen atoms in total. The number of nitrogens with one attached hydrogen (secondary N) is 9. The van der Waals surface area contributed by atoms with E-state index < -0.39 is 35.4 Å². The molecule has 8 unspecified atom stereocenters. The number of aliphatic imine (C=N–C) groups is 1. The maximum absolute atomic E-state index is 14.6. The first kappa shape index (κ1) is 64.3. The zero-order valence-electron chi connectivity index (χ0n) is 49.3. The predicted molar refractivity (Wildman–Crippen MR) is 350 cm³/mol. The number of aryl methyl sites for hydroxylation is 2. The summed E-state index contributed by atoms with van der Waals surface area (Å²) in [5.41, 5.74) is 5.76. The van der Waals surface area contributed by atoms with Gasteiger partial charge in [0.15, 0.2) is 0 Å². The third kappa shape index (κ3) is 14.9. The first-order chi connectivity index (χ1) is 43.0. The summed E-state index contributed by atoms with van der Waals surface area (Å²) < 4.78 is 35.7. The topological polar surface area (TPSA) is 238 Å². The van der Waals surface area contributed by atoms with E-state index in [0.717, 1.165) is 64.7 Å². The molecule has 0 bridgehead atoms. The number of thiazole rings is 2. The molecule has 3 saturated heterocycles. The van der Waals surface area contributed by atoms with Gasteiger partial charge in [0.05, 0.1) is 79.3 Å². The van der Waals surface area contributed by atoms with Gasteiger partial charge in [-0.05, 0) is 149 Å². The van der Waals surface area contributed by atoms with E-state index in [1.807, 2.05) is 44.2 Å². The van der Waals surface area contributed by atoms with Crippen molar-refractivity contribution in [2.45, 2.75) is 133 Å². The second-order valence-electron chi connectivity index (χ2n) is 22.6. The van der Waals surface area contributed by atoms with Crippen molar-refractivity contribution >= 4 is 92.0 Å². The number of aliphatic hydroxyl groups is 1. The second-order valence-corrected chi connectivity index (χ2v) is 27.4. The van der Waals surface area contributed by atoms with E-state index in [9.17, 15) is 28.3 Å². The lowest BCUT2D eigenvalue weighted by Gasteiger charge is -2.50. The van der Waals surface area contributed by atoms with Gasteiger partial charge in [-0.15, -0.1) is 34.4 Å². The molecule has 11 rings (SSSR count). The second kappa shape index (κ2) is 28.5. The summed E-state index contributed by atoms with van der Waals surface area (Å²) in [5.74, 6) is -1.37. The molecule has 8 heterocycles. The van der Waals surface area contributed by atoms with Crippen LogP contribution in [0, 0.1) is 25.5 Å². The number of aromatic amines is 3. The molecule has 8 atom stereocenters. The highest BCUT2D eigenvalue weighted by Gasteiger charge is 2.46. The summed E-state index contributed by atoms with van der Waals surface area (Å²) >= 11 is 22.6. The molecule has 3 aliphatic rings. The maximum atomic E-state index is 14.6. The summed E-state index contributed by atoms with van der Waals surface area (Å²) in [5, 5.41) is 34.5. The van der Waals surface area contributed by atoms with Gasteiger partial charge >= 0.3 is 0 Å². The smallest absolute Gasteiger partial charge is 0.268 e. The van der Waals surface area contributed by atoms with Gasteiger partial charge in [0.25, 0.3) is 17.7 Å². The van der Waals surface area contributed by atoms with E-state index in [2.05, 4.69) is 53.8 Å². The van der Waals surface area contributed by atoms with Crippen LogP contribution in [0.2, 0.25) is 15.1 Å². The Morgan fingerprint density at radius 2 is 1.19 bits per heavy atom. The molecule has 0 aliphatic carbocycles. The Morgan fingerprint density at radius 1 is 0.685 bits per heavy atom. The van der Waals surface area contributed by atoms with E-state index in [1.54, 1.807) is 61.3 Å². The summed E-state index contributed by atoms with van der Waals surface area (Å²) in [6, 6.07) is 24.5. The molecule has 3 fully saturated rings. The lowest BCUT2D eigenvalue weighted by Crippen LogP contribution is -2.71. The Labute approximate surface area is 541 Å². The Hall–Kier alpha value is -6.28. The molecule has 25 heteroatoms. The largest absolute Gasteiger partial charge is 0.391 e. The number of halogens is 5. The number of aromatic nitrogens is 5. The normalized spacial score (nSPS) is 20.7. The summed E-state index contributed by atoms with van der Waals surface area (Å²) in [4.78, 5) is 68.7. The fourth-order valence-corrected chi connectivity index (χ4v) is 15.5.